The van der Waals surface area contributed by atoms with Crippen molar-refractivity contribution >= 4 is 0 Å². The Kier molecular flexibility index (Phi) is 4.06. The Morgan fingerprint density at radius 1 is 1.41 bits per heavy atom. The molecule has 0 saturated carbocycles. The minimum absolute atomic E-state index is 0.264. The fourth-order valence-electron chi connectivity index (χ4n) is 2.34. The highest BCUT2D eigenvalue weighted by Crippen LogP contribution is 2.33. The first-order valence-corrected chi connectivity index (χ1v) is 6.60. The van der Waals surface area contributed by atoms with Crippen LogP contribution in [0.5, 0.6) is 5.75 Å². The van der Waals surface area contributed by atoms with Crippen LogP contribution in [0.15, 0.2) is 18.2 Å². The maximum atomic E-state index is 9.71. The second kappa shape index (κ2) is 5.54. The number of ether oxygens (including phenoxy) is 1. The molecule has 1 aromatic carbocycles. The zero-order chi connectivity index (χ0) is 12.3. The molecule has 1 atom stereocenters. The van der Waals surface area contributed by atoms with E-state index in [0.29, 0.717) is 0 Å². The van der Waals surface area contributed by atoms with Gasteiger partial charge in [0.25, 0.3) is 0 Å². The average molecular weight is 234 g/mol. The highest BCUT2D eigenvalue weighted by Gasteiger charge is 2.20. The Morgan fingerprint density at radius 3 is 3.00 bits per heavy atom. The zero-order valence-electron chi connectivity index (χ0n) is 10.8. The molecule has 2 rings (SSSR count). The molecule has 0 fully saturated rings. The van der Waals surface area contributed by atoms with E-state index in [1.54, 1.807) is 0 Å². The zero-order valence-corrected chi connectivity index (χ0v) is 10.8. The molecule has 2 heteroatoms. The lowest BCUT2D eigenvalue weighted by molar-refractivity contribution is 0.180. The Bertz CT molecular complexity index is 371. The van der Waals surface area contributed by atoms with Crippen LogP contribution in [-0.2, 0) is 6.42 Å². The first-order valence-electron chi connectivity index (χ1n) is 6.60. The molecule has 0 bridgehead atoms. The second-order valence-corrected chi connectivity index (χ2v) is 5.30. The van der Waals surface area contributed by atoms with Crippen molar-refractivity contribution in [3.63, 3.8) is 0 Å². The fourth-order valence-corrected chi connectivity index (χ4v) is 2.34. The van der Waals surface area contributed by atoms with Crippen molar-refractivity contribution in [2.75, 3.05) is 6.61 Å². The molecule has 1 unspecified atom stereocenters. The van der Waals surface area contributed by atoms with Crippen LogP contribution in [0.4, 0.5) is 0 Å². The third kappa shape index (κ3) is 3.22. The van der Waals surface area contributed by atoms with Gasteiger partial charge in [-0.05, 0) is 54.9 Å². The van der Waals surface area contributed by atoms with Crippen LogP contribution in [0.3, 0.4) is 0 Å². The van der Waals surface area contributed by atoms with Gasteiger partial charge in [0.2, 0.25) is 0 Å². The highest BCUT2D eigenvalue weighted by molar-refractivity contribution is 5.39. The predicted octanol–water partition coefficient (Wildman–Crippen LogP) is 3.48. The summed E-state index contributed by atoms with van der Waals surface area (Å²) < 4.78 is 5.74. The summed E-state index contributed by atoms with van der Waals surface area (Å²) in [6.45, 7) is 5.26. The van der Waals surface area contributed by atoms with Crippen molar-refractivity contribution in [3.05, 3.63) is 29.3 Å². The molecule has 0 amide bonds. The molecule has 0 spiro atoms. The van der Waals surface area contributed by atoms with Crippen LogP contribution in [-0.4, -0.2) is 11.7 Å². The van der Waals surface area contributed by atoms with E-state index in [4.69, 9.17) is 4.74 Å². The molecule has 1 aliphatic rings. The van der Waals surface area contributed by atoms with Gasteiger partial charge in [0, 0.05) is 0 Å². The van der Waals surface area contributed by atoms with Crippen molar-refractivity contribution in [2.24, 2.45) is 5.92 Å². The van der Waals surface area contributed by atoms with Gasteiger partial charge in [-0.2, -0.15) is 0 Å². The summed E-state index contributed by atoms with van der Waals surface area (Å²) in [7, 11) is 0. The number of hydrogen-bond acceptors (Lipinski definition) is 2. The van der Waals surface area contributed by atoms with E-state index in [0.717, 1.165) is 43.1 Å². The van der Waals surface area contributed by atoms with Gasteiger partial charge < -0.3 is 9.84 Å². The number of hydrogen-bond donors (Lipinski definition) is 1. The van der Waals surface area contributed by atoms with E-state index >= 15 is 0 Å². The molecule has 1 N–H and O–H groups in total. The Morgan fingerprint density at radius 2 is 2.24 bits per heavy atom. The Hall–Kier alpha value is -1.02. The molecule has 1 aromatic rings. The number of aryl methyl sites for hydroxylation is 1. The maximum absolute atomic E-state index is 9.71. The topological polar surface area (TPSA) is 29.5 Å². The Labute approximate surface area is 104 Å². The first kappa shape index (κ1) is 12.4. The van der Waals surface area contributed by atoms with E-state index in [2.05, 4.69) is 19.9 Å². The Balaban J connectivity index is 1.86. The monoisotopic (exact) mass is 234 g/mol. The molecule has 0 heterocycles. The van der Waals surface area contributed by atoms with Crippen LogP contribution >= 0.6 is 0 Å². The van der Waals surface area contributed by atoms with E-state index in [1.807, 2.05) is 12.1 Å². The van der Waals surface area contributed by atoms with Gasteiger partial charge in [0.15, 0.2) is 0 Å². The van der Waals surface area contributed by atoms with Gasteiger partial charge in [-0.15, -0.1) is 0 Å². The summed E-state index contributed by atoms with van der Waals surface area (Å²) in [5.74, 6) is 1.69. The van der Waals surface area contributed by atoms with Crippen LogP contribution in [0.25, 0.3) is 0 Å². The smallest absolute Gasteiger partial charge is 0.119 e. The van der Waals surface area contributed by atoms with Crippen molar-refractivity contribution in [3.8, 4) is 5.75 Å². The molecular formula is C15H22O2. The third-order valence-electron chi connectivity index (χ3n) is 3.36. The van der Waals surface area contributed by atoms with Crippen molar-refractivity contribution < 1.29 is 9.84 Å². The SMILES string of the molecule is CC(C)CCCOc1ccc2c(c1)CCC2O. The summed E-state index contributed by atoms with van der Waals surface area (Å²) in [6, 6.07) is 6.06. The summed E-state index contributed by atoms with van der Waals surface area (Å²) in [5.41, 5.74) is 2.33. The third-order valence-corrected chi connectivity index (χ3v) is 3.36. The van der Waals surface area contributed by atoms with E-state index in [-0.39, 0.29) is 6.10 Å². The lowest BCUT2D eigenvalue weighted by atomic mass is 10.1. The summed E-state index contributed by atoms with van der Waals surface area (Å²) in [4.78, 5) is 0. The molecule has 1 aliphatic carbocycles. The number of fused-ring (bicyclic) bond motifs is 1. The number of rotatable bonds is 5. The van der Waals surface area contributed by atoms with E-state index < -0.39 is 0 Å². The molecule has 17 heavy (non-hydrogen) atoms. The highest BCUT2D eigenvalue weighted by atomic mass is 16.5. The van der Waals surface area contributed by atoms with Gasteiger partial charge in [0.1, 0.15) is 5.75 Å². The maximum Gasteiger partial charge on any atom is 0.119 e. The second-order valence-electron chi connectivity index (χ2n) is 5.30. The van der Waals surface area contributed by atoms with Gasteiger partial charge in [-0.3, -0.25) is 0 Å². The molecule has 0 aromatic heterocycles. The average Bonchev–Trinajstić information content (AvgIpc) is 2.66. The summed E-state index contributed by atoms with van der Waals surface area (Å²) in [6.07, 6.45) is 3.88. The summed E-state index contributed by atoms with van der Waals surface area (Å²) >= 11 is 0. The molecule has 0 saturated heterocycles. The largest absolute Gasteiger partial charge is 0.494 e. The summed E-state index contributed by atoms with van der Waals surface area (Å²) in [5, 5.41) is 9.71. The standard InChI is InChI=1S/C15H22O2/c1-11(2)4-3-9-17-13-6-7-14-12(10-13)5-8-15(14)16/h6-7,10-11,15-16H,3-5,8-9H2,1-2H3. The molecule has 0 radical (unpaired) electrons. The fraction of sp³-hybridized carbons (Fsp3) is 0.600. The molecule has 0 aliphatic heterocycles. The lowest BCUT2D eigenvalue weighted by Crippen LogP contribution is -2.00. The van der Waals surface area contributed by atoms with Gasteiger partial charge >= 0.3 is 0 Å². The molecular weight excluding hydrogens is 212 g/mol. The molecule has 2 nitrogen and oxygen atoms in total. The molecule has 94 valence electrons. The van der Waals surface area contributed by atoms with E-state index in [1.165, 1.54) is 12.0 Å². The number of aliphatic hydroxyl groups excluding tert-OH is 1. The van der Waals surface area contributed by atoms with Crippen LogP contribution in [0.1, 0.15) is 50.3 Å². The number of aliphatic hydroxyl groups is 1. The van der Waals surface area contributed by atoms with Crippen LogP contribution < -0.4 is 4.74 Å². The van der Waals surface area contributed by atoms with E-state index in [9.17, 15) is 5.11 Å². The minimum Gasteiger partial charge on any atom is -0.494 e. The normalized spacial score (nSPS) is 18.5. The van der Waals surface area contributed by atoms with Gasteiger partial charge in [-0.25, -0.2) is 0 Å². The van der Waals surface area contributed by atoms with Crippen molar-refractivity contribution in [1.29, 1.82) is 0 Å². The lowest BCUT2D eigenvalue weighted by Gasteiger charge is -2.09. The number of benzene rings is 1. The minimum atomic E-state index is -0.264. The van der Waals surface area contributed by atoms with Crippen LogP contribution in [0, 0.1) is 5.92 Å². The van der Waals surface area contributed by atoms with Crippen LogP contribution in [0.2, 0.25) is 0 Å². The van der Waals surface area contributed by atoms with Crippen molar-refractivity contribution in [2.45, 2.75) is 45.6 Å². The van der Waals surface area contributed by atoms with Gasteiger partial charge in [0.05, 0.1) is 12.7 Å². The van der Waals surface area contributed by atoms with Crippen molar-refractivity contribution in [1.82, 2.24) is 0 Å². The predicted molar refractivity (Wildman–Crippen MR) is 69.3 cm³/mol. The quantitative estimate of drug-likeness (QED) is 0.790. The first-order chi connectivity index (χ1) is 8.16. The van der Waals surface area contributed by atoms with Gasteiger partial charge in [-0.1, -0.05) is 19.9 Å².